The lowest BCUT2D eigenvalue weighted by molar-refractivity contribution is -0.161. The van der Waals surface area contributed by atoms with Gasteiger partial charge in [0.15, 0.2) is 0 Å². The molecule has 2 aromatic rings. The molecule has 0 saturated heterocycles. The Morgan fingerprint density at radius 2 is 1.58 bits per heavy atom. The van der Waals surface area contributed by atoms with Crippen LogP contribution in [0.5, 0.6) is 0 Å². The van der Waals surface area contributed by atoms with Crippen molar-refractivity contribution >= 4 is 29.9 Å². The lowest BCUT2D eigenvalue weighted by atomic mass is 10.1. The second-order valence-corrected chi connectivity index (χ2v) is 4.98. The van der Waals surface area contributed by atoms with Gasteiger partial charge in [-0.25, -0.2) is 4.79 Å². The van der Waals surface area contributed by atoms with E-state index < -0.39 is 12.1 Å². The molecule has 0 radical (unpaired) electrons. The van der Waals surface area contributed by atoms with E-state index in [9.17, 15) is 9.59 Å². The van der Waals surface area contributed by atoms with Crippen LogP contribution in [0.4, 0.5) is 11.4 Å². The molecule has 2 rings (SSSR count). The van der Waals surface area contributed by atoms with Crippen LogP contribution in [0.15, 0.2) is 54.6 Å². The third kappa shape index (κ3) is 4.88. The Bertz CT molecular complexity index is 709. The summed E-state index contributed by atoms with van der Waals surface area (Å²) in [7, 11) is 0. The highest BCUT2D eigenvalue weighted by Crippen LogP contribution is 2.19. The Kier molecular flexibility index (Phi) is 5.96. The predicted octanol–water partition coefficient (Wildman–Crippen LogP) is 2.32. The summed E-state index contributed by atoms with van der Waals surface area (Å²) in [6, 6.07) is 13.7. The number of hydrogen-bond acceptors (Lipinski definition) is 6. The first kappa shape index (κ1) is 17.1. The van der Waals surface area contributed by atoms with E-state index in [2.05, 4.69) is 0 Å². The number of nitrogens with two attached hydrogens (primary N) is 2. The van der Waals surface area contributed by atoms with Crippen molar-refractivity contribution in [2.24, 2.45) is 0 Å². The number of anilines is 2. The van der Waals surface area contributed by atoms with Crippen molar-refractivity contribution < 1.29 is 19.1 Å². The molecule has 0 fully saturated rings. The zero-order valence-electron chi connectivity index (χ0n) is 12.9. The molecule has 0 bridgehead atoms. The van der Waals surface area contributed by atoms with Crippen LogP contribution in [0.25, 0.3) is 6.08 Å². The molecule has 4 N–H and O–H groups in total. The topological polar surface area (TPSA) is 105 Å². The molecule has 0 aliphatic rings. The van der Waals surface area contributed by atoms with Gasteiger partial charge < -0.3 is 20.9 Å². The third-order valence-corrected chi connectivity index (χ3v) is 3.21. The predicted molar refractivity (Wildman–Crippen MR) is 91.6 cm³/mol. The molecule has 24 heavy (non-hydrogen) atoms. The molecule has 2 aromatic carbocycles. The van der Waals surface area contributed by atoms with Crippen LogP contribution in [0.3, 0.4) is 0 Å². The first-order valence-corrected chi connectivity index (χ1v) is 7.23. The van der Waals surface area contributed by atoms with Gasteiger partial charge in [0.05, 0.1) is 0 Å². The number of carbonyl (C=O) groups is 2. The maximum absolute atomic E-state index is 12.1. The monoisotopic (exact) mass is 326 g/mol. The van der Waals surface area contributed by atoms with Crippen LogP contribution in [0, 0.1) is 0 Å². The van der Waals surface area contributed by atoms with Crippen molar-refractivity contribution in [2.75, 3.05) is 18.1 Å². The highest BCUT2D eigenvalue weighted by Gasteiger charge is 2.23. The smallest absolute Gasteiger partial charge is 0.352 e. The quantitative estimate of drug-likeness (QED) is 0.459. The highest BCUT2D eigenvalue weighted by atomic mass is 16.6. The SMILES string of the molecule is Nc1ccc(C=CCOC(=O)C(OC=O)c2ccc(N)cc2)cc1. The van der Waals surface area contributed by atoms with Gasteiger partial charge in [-0.1, -0.05) is 30.3 Å². The van der Waals surface area contributed by atoms with E-state index >= 15 is 0 Å². The van der Waals surface area contributed by atoms with Gasteiger partial charge in [-0.05, 0) is 35.9 Å². The Morgan fingerprint density at radius 3 is 2.17 bits per heavy atom. The van der Waals surface area contributed by atoms with Crippen molar-refractivity contribution in [3.05, 3.63) is 65.7 Å². The summed E-state index contributed by atoms with van der Waals surface area (Å²) >= 11 is 0. The maximum Gasteiger partial charge on any atom is 0.352 e. The van der Waals surface area contributed by atoms with Gasteiger partial charge in [0, 0.05) is 16.9 Å². The lowest BCUT2D eigenvalue weighted by Crippen LogP contribution is -2.18. The van der Waals surface area contributed by atoms with Crippen LogP contribution in [0.2, 0.25) is 0 Å². The molecule has 0 aromatic heterocycles. The van der Waals surface area contributed by atoms with Crippen molar-refractivity contribution in [1.29, 1.82) is 0 Å². The number of rotatable bonds is 7. The summed E-state index contributed by atoms with van der Waals surface area (Å²) in [5.41, 5.74) is 13.8. The summed E-state index contributed by atoms with van der Waals surface area (Å²) in [4.78, 5) is 22.7. The van der Waals surface area contributed by atoms with Gasteiger partial charge >= 0.3 is 5.97 Å². The van der Waals surface area contributed by atoms with Gasteiger partial charge in [0.25, 0.3) is 6.47 Å². The average Bonchev–Trinajstić information content (AvgIpc) is 2.59. The minimum Gasteiger partial charge on any atom is -0.458 e. The van der Waals surface area contributed by atoms with Crippen LogP contribution in [0.1, 0.15) is 17.2 Å². The largest absolute Gasteiger partial charge is 0.458 e. The number of benzene rings is 2. The van der Waals surface area contributed by atoms with Gasteiger partial charge in [0.2, 0.25) is 6.10 Å². The summed E-state index contributed by atoms with van der Waals surface area (Å²) in [5, 5.41) is 0. The zero-order chi connectivity index (χ0) is 17.4. The van der Waals surface area contributed by atoms with Gasteiger partial charge in [-0.3, -0.25) is 4.79 Å². The number of hydrogen-bond donors (Lipinski definition) is 2. The van der Waals surface area contributed by atoms with Gasteiger partial charge in [-0.2, -0.15) is 0 Å². The van der Waals surface area contributed by atoms with E-state index in [1.165, 1.54) is 0 Å². The summed E-state index contributed by atoms with van der Waals surface area (Å²) in [5.74, 6) is -0.658. The molecule has 1 atom stereocenters. The molecule has 0 spiro atoms. The molecular weight excluding hydrogens is 308 g/mol. The average molecular weight is 326 g/mol. The van der Waals surface area contributed by atoms with Gasteiger partial charge in [-0.15, -0.1) is 0 Å². The Balaban J connectivity index is 1.94. The van der Waals surface area contributed by atoms with Crippen LogP contribution < -0.4 is 11.5 Å². The number of ether oxygens (including phenoxy) is 2. The van der Waals surface area contributed by atoms with Crippen LogP contribution in [-0.2, 0) is 19.1 Å². The molecular formula is C18H18N2O4. The second kappa shape index (κ2) is 8.38. The number of esters is 1. The minimum absolute atomic E-state index is 0.0525. The van der Waals surface area contributed by atoms with E-state index in [1.807, 2.05) is 12.1 Å². The minimum atomic E-state index is -1.12. The Morgan fingerprint density at radius 1 is 1.00 bits per heavy atom. The van der Waals surface area contributed by atoms with Crippen molar-refractivity contribution in [3.63, 3.8) is 0 Å². The number of nitrogen functional groups attached to an aromatic ring is 2. The van der Waals surface area contributed by atoms with E-state index in [0.29, 0.717) is 16.9 Å². The van der Waals surface area contributed by atoms with Crippen LogP contribution >= 0.6 is 0 Å². The van der Waals surface area contributed by atoms with E-state index in [4.69, 9.17) is 20.9 Å². The molecule has 0 amide bonds. The molecule has 1 unspecified atom stereocenters. The number of carbonyl (C=O) groups excluding carboxylic acids is 2. The zero-order valence-corrected chi connectivity index (χ0v) is 12.9. The molecule has 0 heterocycles. The van der Waals surface area contributed by atoms with E-state index in [1.54, 1.807) is 48.6 Å². The second-order valence-electron chi connectivity index (χ2n) is 4.98. The first-order valence-electron chi connectivity index (χ1n) is 7.23. The standard InChI is InChI=1S/C18H18N2O4/c19-15-7-3-13(4-8-15)2-1-11-23-18(22)17(24-12-21)14-5-9-16(20)10-6-14/h1-10,12,17H,11,19-20H2. The summed E-state index contributed by atoms with van der Waals surface area (Å²) < 4.78 is 9.95. The molecule has 0 saturated carbocycles. The summed E-state index contributed by atoms with van der Waals surface area (Å²) in [6.45, 7) is 0.267. The molecule has 0 aliphatic heterocycles. The van der Waals surface area contributed by atoms with Crippen molar-refractivity contribution in [2.45, 2.75) is 6.10 Å². The fourth-order valence-corrected chi connectivity index (χ4v) is 1.99. The normalized spacial score (nSPS) is 11.8. The fraction of sp³-hybridized carbons (Fsp3) is 0.111. The fourth-order valence-electron chi connectivity index (χ4n) is 1.99. The van der Waals surface area contributed by atoms with Crippen LogP contribution in [-0.4, -0.2) is 19.0 Å². The molecule has 6 nitrogen and oxygen atoms in total. The van der Waals surface area contributed by atoms with E-state index in [0.717, 1.165) is 5.56 Å². The van der Waals surface area contributed by atoms with Crippen molar-refractivity contribution in [3.8, 4) is 0 Å². The van der Waals surface area contributed by atoms with Gasteiger partial charge in [0.1, 0.15) is 6.61 Å². The van der Waals surface area contributed by atoms with E-state index in [-0.39, 0.29) is 13.1 Å². The lowest BCUT2D eigenvalue weighted by Gasteiger charge is -2.14. The first-order chi connectivity index (χ1) is 11.6. The van der Waals surface area contributed by atoms with Crippen molar-refractivity contribution in [1.82, 2.24) is 0 Å². The summed E-state index contributed by atoms with van der Waals surface area (Å²) in [6.07, 6.45) is 2.36. The molecule has 6 heteroatoms. The molecule has 0 aliphatic carbocycles. The Hall–Kier alpha value is -3.28. The highest BCUT2D eigenvalue weighted by molar-refractivity contribution is 5.78. The third-order valence-electron chi connectivity index (χ3n) is 3.21. The maximum atomic E-state index is 12.1. The molecule has 124 valence electrons. The Labute approximate surface area is 139 Å².